The number of carbonyl (C=O) groups is 1. The summed E-state index contributed by atoms with van der Waals surface area (Å²) >= 11 is 0. The van der Waals surface area contributed by atoms with Gasteiger partial charge in [-0.2, -0.15) is 0 Å². The lowest BCUT2D eigenvalue weighted by molar-refractivity contribution is -0.158. The zero-order valence-corrected chi connectivity index (χ0v) is 13.3. The predicted octanol–water partition coefficient (Wildman–Crippen LogP) is 1.10. The maximum Gasteiger partial charge on any atom is 0.255 e. The van der Waals surface area contributed by atoms with Crippen LogP contribution in [0.1, 0.15) is 12.8 Å². The molecule has 5 nitrogen and oxygen atoms in total. The number of methoxy groups -OCH3 is 1. The van der Waals surface area contributed by atoms with Crippen molar-refractivity contribution in [1.29, 1.82) is 0 Å². The smallest absolute Gasteiger partial charge is 0.255 e. The van der Waals surface area contributed by atoms with Crippen molar-refractivity contribution in [3.63, 3.8) is 0 Å². The molecular formula is C17H25N3O2. The van der Waals surface area contributed by atoms with Crippen LogP contribution in [0.2, 0.25) is 0 Å². The molecule has 0 saturated carbocycles. The normalized spacial score (nSPS) is 21.7. The molecule has 0 radical (unpaired) electrons. The molecule has 120 valence electrons. The molecule has 2 aliphatic heterocycles. The lowest BCUT2D eigenvalue weighted by Crippen LogP contribution is -2.59. The second-order valence-electron chi connectivity index (χ2n) is 6.06. The Labute approximate surface area is 132 Å². The highest BCUT2D eigenvalue weighted by Crippen LogP contribution is 2.26. The first kappa shape index (κ1) is 15.3. The molecule has 0 unspecified atom stereocenters. The number of rotatable bonds is 3. The molecule has 2 aliphatic rings. The van der Waals surface area contributed by atoms with E-state index in [4.69, 9.17) is 4.74 Å². The molecule has 1 N–H and O–H groups in total. The summed E-state index contributed by atoms with van der Waals surface area (Å²) in [6.07, 6.45) is 1.53. The Kier molecular flexibility index (Phi) is 4.64. The van der Waals surface area contributed by atoms with Gasteiger partial charge in [0.25, 0.3) is 5.91 Å². The van der Waals surface area contributed by atoms with Crippen LogP contribution in [0.5, 0.6) is 0 Å². The van der Waals surface area contributed by atoms with Gasteiger partial charge in [-0.1, -0.05) is 18.2 Å². The van der Waals surface area contributed by atoms with Gasteiger partial charge in [0.05, 0.1) is 0 Å². The molecule has 22 heavy (non-hydrogen) atoms. The van der Waals surface area contributed by atoms with Crippen molar-refractivity contribution in [2.75, 3.05) is 51.3 Å². The predicted molar refractivity (Wildman–Crippen MR) is 87.1 cm³/mol. The first-order valence-corrected chi connectivity index (χ1v) is 8.10. The van der Waals surface area contributed by atoms with E-state index in [9.17, 15) is 4.79 Å². The number of carbonyl (C=O) groups excluding carboxylic acids is 1. The molecule has 2 fully saturated rings. The van der Waals surface area contributed by atoms with Gasteiger partial charge in [-0.05, 0) is 38.1 Å². The summed E-state index contributed by atoms with van der Waals surface area (Å²) in [6.45, 7) is 5.01. The van der Waals surface area contributed by atoms with Crippen molar-refractivity contribution in [2.24, 2.45) is 0 Å². The minimum Gasteiger partial charge on any atom is -0.368 e. The van der Waals surface area contributed by atoms with Crippen LogP contribution < -0.4 is 10.2 Å². The first-order valence-electron chi connectivity index (χ1n) is 8.10. The van der Waals surface area contributed by atoms with Crippen LogP contribution in [0, 0.1) is 0 Å². The Bertz CT molecular complexity index is 492. The number of hydrogen-bond acceptors (Lipinski definition) is 4. The van der Waals surface area contributed by atoms with Crippen molar-refractivity contribution >= 4 is 11.6 Å². The molecule has 2 heterocycles. The monoisotopic (exact) mass is 303 g/mol. The van der Waals surface area contributed by atoms with Crippen LogP contribution in [0.4, 0.5) is 5.69 Å². The van der Waals surface area contributed by atoms with E-state index in [1.54, 1.807) is 7.11 Å². The van der Waals surface area contributed by atoms with Gasteiger partial charge in [0.15, 0.2) is 0 Å². The van der Waals surface area contributed by atoms with Crippen LogP contribution >= 0.6 is 0 Å². The number of piperidine rings is 1. The zero-order chi connectivity index (χ0) is 15.4. The van der Waals surface area contributed by atoms with E-state index < -0.39 is 5.60 Å². The summed E-state index contributed by atoms with van der Waals surface area (Å²) in [5.41, 5.74) is 0.623. The van der Waals surface area contributed by atoms with Crippen molar-refractivity contribution < 1.29 is 9.53 Å². The Balaban J connectivity index is 1.62. The van der Waals surface area contributed by atoms with E-state index in [-0.39, 0.29) is 5.91 Å². The Morgan fingerprint density at radius 1 is 1.09 bits per heavy atom. The maximum atomic E-state index is 12.9. The second-order valence-corrected chi connectivity index (χ2v) is 6.06. The first-order chi connectivity index (χ1) is 10.7. The fraction of sp³-hybridized carbons (Fsp3) is 0.588. The van der Waals surface area contributed by atoms with Gasteiger partial charge in [-0.25, -0.2) is 0 Å². The van der Waals surface area contributed by atoms with Gasteiger partial charge in [-0.3, -0.25) is 4.79 Å². The molecule has 2 saturated heterocycles. The Morgan fingerprint density at radius 2 is 1.73 bits per heavy atom. The average Bonchev–Trinajstić information content (AvgIpc) is 2.62. The molecule has 0 spiro atoms. The van der Waals surface area contributed by atoms with Gasteiger partial charge in [0.2, 0.25) is 0 Å². The fourth-order valence-electron chi connectivity index (χ4n) is 3.43. The van der Waals surface area contributed by atoms with E-state index >= 15 is 0 Å². The van der Waals surface area contributed by atoms with Crippen LogP contribution in [-0.2, 0) is 9.53 Å². The molecule has 0 aromatic heterocycles. The summed E-state index contributed by atoms with van der Waals surface area (Å²) in [7, 11) is 1.67. The van der Waals surface area contributed by atoms with E-state index in [0.717, 1.165) is 52.1 Å². The van der Waals surface area contributed by atoms with Crippen molar-refractivity contribution in [3.05, 3.63) is 30.3 Å². The minimum atomic E-state index is -0.611. The quantitative estimate of drug-likeness (QED) is 0.908. The number of ether oxygens (including phenoxy) is 1. The largest absolute Gasteiger partial charge is 0.368 e. The van der Waals surface area contributed by atoms with Gasteiger partial charge in [0, 0.05) is 39.0 Å². The number of piperazine rings is 1. The molecule has 0 bridgehead atoms. The third kappa shape index (κ3) is 2.96. The number of anilines is 1. The van der Waals surface area contributed by atoms with E-state index in [0.29, 0.717) is 0 Å². The third-order valence-electron chi connectivity index (χ3n) is 4.88. The van der Waals surface area contributed by atoms with Crippen LogP contribution in [-0.4, -0.2) is 62.8 Å². The van der Waals surface area contributed by atoms with Crippen molar-refractivity contribution in [3.8, 4) is 0 Å². The third-order valence-corrected chi connectivity index (χ3v) is 4.88. The van der Waals surface area contributed by atoms with E-state index in [1.165, 1.54) is 5.69 Å². The molecule has 0 atom stereocenters. The summed E-state index contributed by atoms with van der Waals surface area (Å²) in [6, 6.07) is 10.4. The van der Waals surface area contributed by atoms with Crippen molar-refractivity contribution in [2.45, 2.75) is 18.4 Å². The van der Waals surface area contributed by atoms with Gasteiger partial charge in [0.1, 0.15) is 5.60 Å². The number of nitrogens with zero attached hydrogens (tertiary/aromatic N) is 2. The SMILES string of the molecule is COC1(C(=O)N2CCN(c3ccccc3)CC2)CCNCC1. The molecule has 1 amide bonds. The van der Waals surface area contributed by atoms with Crippen LogP contribution in [0.3, 0.4) is 0 Å². The second kappa shape index (κ2) is 6.67. The summed E-state index contributed by atoms with van der Waals surface area (Å²) in [4.78, 5) is 17.2. The molecule has 3 rings (SSSR count). The number of nitrogens with one attached hydrogen (secondary N) is 1. The molecular weight excluding hydrogens is 278 g/mol. The summed E-state index contributed by atoms with van der Waals surface area (Å²) in [5.74, 6) is 0.171. The highest BCUT2D eigenvalue weighted by molar-refractivity contribution is 5.85. The number of amides is 1. The highest BCUT2D eigenvalue weighted by atomic mass is 16.5. The van der Waals surface area contributed by atoms with Crippen molar-refractivity contribution in [1.82, 2.24) is 10.2 Å². The summed E-state index contributed by atoms with van der Waals surface area (Å²) in [5, 5.41) is 3.30. The van der Waals surface area contributed by atoms with Gasteiger partial charge in [-0.15, -0.1) is 0 Å². The number of para-hydroxylation sites is 1. The number of benzene rings is 1. The Hall–Kier alpha value is -1.59. The Morgan fingerprint density at radius 3 is 2.32 bits per heavy atom. The number of hydrogen-bond donors (Lipinski definition) is 1. The molecule has 1 aromatic carbocycles. The lowest BCUT2D eigenvalue weighted by atomic mass is 9.90. The van der Waals surface area contributed by atoms with Crippen LogP contribution in [0.25, 0.3) is 0 Å². The van der Waals surface area contributed by atoms with E-state index in [1.807, 2.05) is 11.0 Å². The molecule has 0 aliphatic carbocycles. The highest BCUT2D eigenvalue weighted by Gasteiger charge is 2.42. The lowest BCUT2D eigenvalue weighted by Gasteiger charge is -2.42. The van der Waals surface area contributed by atoms with E-state index in [2.05, 4.69) is 34.5 Å². The molecule has 5 heteroatoms. The topological polar surface area (TPSA) is 44.8 Å². The van der Waals surface area contributed by atoms with Gasteiger partial charge >= 0.3 is 0 Å². The van der Waals surface area contributed by atoms with Gasteiger partial charge < -0.3 is 19.9 Å². The maximum absolute atomic E-state index is 12.9. The molecule has 1 aromatic rings. The summed E-state index contributed by atoms with van der Waals surface area (Å²) < 4.78 is 5.66. The fourth-order valence-corrected chi connectivity index (χ4v) is 3.43. The minimum absolute atomic E-state index is 0.171. The zero-order valence-electron chi connectivity index (χ0n) is 13.3. The average molecular weight is 303 g/mol. The standard InChI is InChI=1S/C17H25N3O2/c1-22-17(7-9-18-10-8-17)16(21)20-13-11-19(12-14-20)15-5-3-2-4-6-15/h2-6,18H,7-14H2,1H3. The van der Waals surface area contributed by atoms with Crippen LogP contribution in [0.15, 0.2) is 30.3 Å².